The highest BCUT2D eigenvalue weighted by atomic mass is 79.9. The molecule has 0 spiro atoms. The number of aliphatic hydroxyl groups is 1. The largest absolute Gasteiger partial charge is 0.423 e. The van der Waals surface area contributed by atoms with Crippen molar-refractivity contribution in [2.24, 2.45) is 0 Å². The minimum absolute atomic E-state index is 0.103. The predicted octanol–water partition coefficient (Wildman–Crippen LogP) is 6.25. The van der Waals surface area contributed by atoms with Gasteiger partial charge in [0.25, 0.3) is 0 Å². The Balaban J connectivity index is 2.21. The number of alkyl halides is 3. The van der Waals surface area contributed by atoms with E-state index in [1.807, 2.05) is 6.26 Å². The van der Waals surface area contributed by atoms with E-state index in [4.69, 9.17) is 34.8 Å². The molecule has 0 aromatic heterocycles. The first-order valence-corrected chi connectivity index (χ1v) is 11.9. The summed E-state index contributed by atoms with van der Waals surface area (Å²) in [7, 11) is 0. The Labute approximate surface area is 204 Å². The van der Waals surface area contributed by atoms with Crippen molar-refractivity contribution in [1.82, 2.24) is 5.32 Å². The van der Waals surface area contributed by atoms with Gasteiger partial charge in [-0.05, 0) is 41.6 Å². The normalized spacial score (nSPS) is 13.6. The summed E-state index contributed by atoms with van der Waals surface area (Å²) in [4.78, 5) is 11.6. The first-order chi connectivity index (χ1) is 14.4. The Morgan fingerprint density at radius 3 is 2.29 bits per heavy atom. The Hall–Kier alpha value is -0.840. The first-order valence-electron chi connectivity index (χ1n) is 8.61. The molecule has 0 fully saturated rings. The molecule has 2 rings (SSSR count). The lowest BCUT2D eigenvalue weighted by Gasteiger charge is -2.32. The molecule has 0 aliphatic carbocycles. The summed E-state index contributed by atoms with van der Waals surface area (Å²) in [6.45, 7) is -0.643. The molecule has 0 heterocycles. The van der Waals surface area contributed by atoms with E-state index in [0.29, 0.717) is 15.9 Å². The van der Waals surface area contributed by atoms with Crippen LogP contribution in [0.1, 0.15) is 11.1 Å². The van der Waals surface area contributed by atoms with Gasteiger partial charge in [-0.2, -0.15) is 24.9 Å². The molecule has 0 saturated heterocycles. The second-order valence-corrected chi connectivity index (χ2v) is 9.39. The number of carbonyl (C=O) groups excluding carboxylic acids is 1. The van der Waals surface area contributed by atoms with Crippen molar-refractivity contribution in [2.45, 2.75) is 18.3 Å². The number of rotatable bonds is 8. The fraction of sp³-hybridized carbons (Fsp3) is 0.316. The van der Waals surface area contributed by atoms with E-state index >= 15 is 0 Å². The van der Waals surface area contributed by atoms with Crippen molar-refractivity contribution >= 4 is 74.1 Å². The highest BCUT2D eigenvalue weighted by Gasteiger charge is 2.55. The van der Waals surface area contributed by atoms with Crippen molar-refractivity contribution in [3.8, 4) is 0 Å². The maximum absolute atomic E-state index is 13.8. The number of benzene rings is 2. The fourth-order valence-corrected chi connectivity index (χ4v) is 4.05. The lowest BCUT2D eigenvalue weighted by Crippen LogP contribution is -2.47. The molecule has 31 heavy (non-hydrogen) atoms. The van der Waals surface area contributed by atoms with Crippen LogP contribution < -0.4 is 10.6 Å². The molecule has 0 unspecified atom stereocenters. The van der Waals surface area contributed by atoms with E-state index in [9.17, 15) is 23.1 Å². The van der Waals surface area contributed by atoms with Crippen LogP contribution in [0.15, 0.2) is 34.8 Å². The number of halogens is 7. The summed E-state index contributed by atoms with van der Waals surface area (Å²) in [6, 6.07) is 6.60. The minimum atomic E-state index is -5.03. The highest BCUT2D eigenvalue weighted by Crippen LogP contribution is 2.43. The zero-order valence-corrected chi connectivity index (χ0v) is 20.6. The Bertz CT molecular complexity index is 942. The molecule has 1 atom stereocenters. The van der Waals surface area contributed by atoms with E-state index in [2.05, 4.69) is 26.6 Å². The van der Waals surface area contributed by atoms with Crippen molar-refractivity contribution in [3.05, 3.63) is 61.0 Å². The van der Waals surface area contributed by atoms with Crippen LogP contribution in [-0.2, 0) is 16.9 Å². The maximum Gasteiger partial charge on any atom is 0.423 e. The lowest BCUT2D eigenvalue weighted by atomic mass is 9.92. The van der Waals surface area contributed by atoms with Gasteiger partial charge in [-0.3, -0.25) is 4.79 Å². The van der Waals surface area contributed by atoms with Crippen LogP contribution in [0.2, 0.25) is 15.1 Å². The van der Waals surface area contributed by atoms with Gasteiger partial charge in [-0.15, -0.1) is 0 Å². The first kappa shape index (κ1) is 26.4. The number of nitrogens with one attached hydrogen (secondary N) is 2. The smallest absolute Gasteiger partial charge is 0.381 e. The number of hydrogen-bond donors (Lipinski definition) is 3. The van der Waals surface area contributed by atoms with Crippen molar-refractivity contribution in [2.75, 3.05) is 23.9 Å². The molecule has 4 nitrogen and oxygen atoms in total. The zero-order valence-electron chi connectivity index (χ0n) is 15.9. The molecule has 170 valence electrons. The van der Waals surface area contributed by atoms with Crippen LogP contribution in [0.5, 0.6) is 0 Å². The average Bonchev–Trinajstić information content (AvgIpc) is 2.68. The Morgan fingerprint density at radius 2 is 1.77 bits per heavy atom. The summed E-state index contributed by atoms with van der Waals surface area (Å²) in [5, 5.41) is 15.3. The van der Waals surface area contributed by atoms with Crippen LogP contribution in [0.25, 0.3) is 0 Å². The van der Waals surface area contributed by atoms with Crippen LogP contribution in [0.4, 0.5) is 18.9 Å². The molecule has 2 aromatic carbocycles. The lowest BCUT2D eigenvalue weighted by molar-refractivity contribution is -0.260. The molecule has 0 aliphatic rings. The number of thioether (sulfide) groups is 1. The van der Waals surface area contributed by atoms with E-state index in [0.717, 1.165) is 17.7 Å². The third-order valence-corrected chi connectivity index (χ3v) is 6.77. The minimum Gasteiger partial charge on any atom is -0.381 e. The second kappa shape index (κ2) is 10.9. The maximum atomic E-state index is 13.8. The van der Waals surface area contributed by atoms with Gasteiger partial charge >= 0.3 is 6.18 Å². The van der Waals surface area contributed by atoms with Gasteiger partial charge < -0.3 is 15.7 Å². The number of anilines is 1. The highest BCUT2D eigenvalue weighted by molar-refractivity contribution is 9.10. The van der Waals surface area contributed by atoms with Gasteiger partial charge in [0.1, 0.15) is 0 Å². The number of amides is 1. The van der Waals surface area contributed by atoms with Crippen LogP contribution >= 0.6 is 62.5 Å². The van der Waals surface area contributed by atoms with Crippen molar-refractivity contribution < 1.29 is 23.1 Å². The summed E-state index contributed by atoms with van der Waals surface area (Å²) in [6.07, 6.45) is -3.22. The van der Waals surface area contributed by atoms with Gasteiger partial charge in [0.05, 0.1) is 27.4 Å². The van der Waals surface area contributed by atoms with Gasteiger partial charge in [-0.1, -0.05) is 56.8 Å². The SMILES string of the molecule is CSCC(=O)NCc1ccc(NC[C@](O)(c2cc(Cl)c(Cl)c(Cl)c2)C(F)(F)F)cc1Br. The second-order valence-electron chi connectivity index (χ2n) is 6.48. The Morgan fingerprint density at radius 1 is 1.16 bits per heavy atom. The van der Waals surface area contributed by atoms with Crippen LogP contribution in [0, 0.1) is 0 Å². The van der Waals surface area contributed by atoms with Gasteiger partial charge in [0.2, 0.25) is 11.5 Å². The Kier molecular flexibility index (Phi) is 9.25. The summed E-state index contributed by atoms with van der Waals surface area (Å²) >= 11 is 22.2. The summed E-state index contributed by atoms with van der Waals surface area (Å²) in [5.41, 5.74) is -2.76. The fourth-order valence-electron chi connectivity index (χ4n) is 2.57. The molecular formula is C19H17BrCl3F3N2O2S. The van der Waals surface area contributed by atoms with E-state index < -0.39 is 23.9 Å². The number of hydrogen-bond acceptors (Lipinski definition) is 4. The average molecular weight is 581 g/mol. The molecule has 12 heteroatoms. The molecule has 1 amide bonds. The molecular weight excluding hydrogens is 564 g/mol. The van der Waals surface area contributed by atoms with Crippen LogP contribution in [0.3, 0.4) is 0 Å². The van der Waals surface area contributed by atoms with Gasteiger partial charge in [0.15, 0.2) is 0 Å². The number of carbonyl (C=O) groups is 1. The third kappa shape index (κ3) is 6.58. The molecule has 0 saturated carbocycles. The molecule has 0 bridgehead atoms. The van der Waals surface area contributed by atoms with Crippen molar-refractivity contribution in [3.63, 3.8) is 0 Å². The van der Waals surface area contributed by atoms with E-state index in [1.54, 1.807) is 18.2 Å². The molecule has 2 aromatic rings. The van der Waals surface area contributed by atoms with Gasteiger partial charge in [-0.25, -0.2) is 0 Å². The van der Waals surface area contributed by atoms with E-state index in [1.165, 1.54) is 11.8 Å². The summed E-state index contributed by atoms with van der Waals surface area (Å²) in [5.74, 6) is 0.198. The monoisotopic (exact) mass is 578 g/mol. The van der Waals surface area contributed by atoms with Crippen LogP contribution in [-0.4, -0.2) is 35.7 Å². The molecule has 3 N–H and O–H groups in total. The third-order valence-electron chi connectivity index (χ3n) is 4.28. The van der Waals surface area contributed by atoms with Gasteiger partial charge in [0, 0.05) is 16.7 Å². The quantitative estimate of drug-likeness (QED) is 0.323. The molecule has 0 radical (unpaired) electrons. The predicted molar refractivity (Wildman–Crippen MR) is 124 cm³/mol. The molecule has 0 aliphatic heterocycles. The standard InChI is InChI=1S/C19H17BrCl3F3N2O2S/c1-31-8-16(29)27-7-10-2-3-12(6-13(10)20)28-9-18(30,19(24,25)26)11-4-14(21)17(23)15(22)5-11/h2-6,28,30H,7-9H2,1H3,(H,27,29)/t18-/m0/s1. The van der Waals surface area contributed by atoms with E-state index in [-0.39, 0.29) is 27.5 Å². The summed E-state index contributed by atoms with van der Waals surface area (Å²) < 4.78 is 41.9. The topological polar surface area (TPSA) is 61.4 Å². The van der Waals surface area contributed by atoms with Crippen molar-refractivity contribution in [1.29, 1.82) is 0 Å². The zero-order chi connectivity index (χ0) is 23.4.